The number of rotatable bonds is 7. The van der Waals surface area contributed by atoms with Crippen molar-refractivity contribution < 1.29 is 19.4 Å². The van der Waals surface area contributed by atoms with Gasteiger partial charge in [0.25, 0.3) is 0 Å². The third-order valence-electron chi connectivity index (χ3n) is 3.82. The fourth-order valence-electron chi connectivity index (χ4n) is 2.41. The van der Waals surface area contributed by atoms with Gasteiger partial charge in [0.05, 0.1) is 13.7 Å². The molecule has 2 rings (SSSR count). The maximum Gasteiger partial charge on any atom is 0.329 e. The number of hydrogen-bond acceptors (Lipinski definition) is 5. The van der Waals surface area contributed by atoms with Gasteiger partial charge in [0, 0.05) is 0 Å². The van der Waals surface area contributed by atoms with Crippen LogP contribution < -0.4 is 10.1 Å². The van der Waals surface area contributed by atoms with Crippen molar-refractivity contribution in [3.8, 4) is 5.75 Å². The van der Waals surface area contributed by atoms with Gasteiger partial charge in [-0.25, -0.2) is 4.79 Å². The SMILES string of the molecule is CNC(COc1cccc(CO)c1)(C(=O)OC)C1CC1. The number of benzene rings is 1. The number of likely N-dealkylation sites (N-methyl/N-ethyl adjacent to an activating group) is 1. The monoisotopic (exact) mass is 279 g/mol. The average Bonchev–Trinajstić information content (AvgIpc) is 3.33. The number of esters is 1. The highest BCUT2D eigenvalue weighted by Crippen LogP contribution is 2.40. The molecule has 0 saturated heterocycles. The molecule has 5 heteroatoms. The van der Waals surface area contributed by atoms with Crippen molar-refractivity contribution in [1.82, 2.24) is 5.32 Å². The summed E-state index contributed by atoms with van der Waals surface area (Å²) in [7, 11) is 3.14. The molecule has 0 bridgehead atoms. The standard InChI is InChI=1S/C15H21NO4/c1-16-15(12-6-7-12,14(18)19-2)10-20-13-5-3-4-11(8-13)9-17/h3-5,8,12,16-17H,6-7,9-10H2,1-2H3. The van der Waals surface area contributed by atoms with Crippen LogP contribution in [-0.2, 0) is 16.1 Å². The Bertz CT molecular complexity index is 473. The van der Waals surface area contributed by atoms with E-state index < -0.39 is 5.54 Å². The minimum Gasteiger partial charge on any atom is -0.491 e. The molecule has 0 radical (unpaired) electrons. The lowest BCUT2D eigenvalue weighted by molar-refractivity contribution is -0.151. The second-order valence-electron chi connectivity index (χ2n) is 5.08. The summed E-state index contributed by atoms with van der Waals surface area (Å²) < 4.78 is 10.7. The summed E-state index contributed by atoms with van der Waals surface area (Å²) in [5.74, 6) is 0.600. The Kier molecular flexibility index (Phi) is 4.62. The molecule has 0 heterocycles. The second kappa shape index (κ2) is 6.24. The van der Waals surface area contributed by atoms with Crippen LogP contribution in [0.2, 0.25) is 0 Å². The molecule has 1 unspecified atom stereocenters. The first-order valence-corrected chi connectivity index (χ1v) is 6.76. The van der Waals surface area contributed by atoms with Crippen LogP contribution in [0.25, 0.3) is 0 Å². The molecule has 1 aliphatic rings. The summed E-state index contributed by atoms with van der Waals surface area (Å²) in [5, 5.41) is 12.2. The molecule has 0 aliphatic heterocycles. The molecule has 110 valence electrons. The fraction of sp³-hybridized carbons (Fsp3) is 0.533. The topological polar surface area (TPSA) is 67.8 Å². The summed E-state index contributed by atoms with van der Waals surface area (Å²) >= 11 is 0. The van der Waals surface area contributed by atoms with Crippen LogP contribution in [0.4, 0.5) is 0 Å². The van der Waals surface area contributed by atoms with Crippen LogP contribution in [0.5, 0.6) is 5.75 Å². The van der Waals surface area contributed by atoms with Gasteiger partial charge in [0.2, 0.25) is 0 Å². The predicted octanol–water partition coefficient (Wildman–Crippen LogP) is 1.10. The van der Waals surface area contributed by atoms with Crippen LogP contribution in [0.15, 0.2) is 24.3 Å². The van der Waals surface area contributed by atoms with Crippen molar-refractivity contribution in [1.29, 1.82) is 0 Å². The Morgan fingerprint density at radius 2 is 2.25 bits per heavy atom. The van der Waals surface area contributed by atoms with E-state index in [2.05, 4.69) is 5.32 Å². The van der Waals surface area contributed by atoms with Crippen molar-refractivity contribution in [3.63, 3.8) is 0 Å². The minimum atomic E-state index is -0.788. The summed E-state index contributed by atoms with van der Waals surface area (Å²) in [6.07, 6.45) is 1.99. The van der Waals surface area contributed by atoms with Crippen LogP contribution in [0.1, 0.15) is 18.4 Å². The second-order valence-corrected chi connectivity index (χ2v) is 5.08. The zero-order valence-electron chi connectivity index (χ0n) is 11.9. The number of hydrogen-bond donors (Lipinski definition) is 2. The van der Waals surface area contributed by atoms with Crippen LogP contribution >= 0.6 is 0 Å². The van der Waals surface area contributed by atoms with Gasteiger partial charge in [-0.15, -0.1) is 0 Å². The van der Waals surface area contributed by atoms with Gasteiger partial charge in [-0.05, 0) is 43.5 Å². The molecule has 2 N–H and O–H groups in total. The molecule has 1 aromatic rings. The first-order valence-electron chi connectivity index (χ1n) is 6.76. The van der Waals surface area contributed by atoms with E-state index in [1.807, 2.05) is 18.2 Å². The lowest BCUT2D eigenvalue weighted by atomic mass is 9.94. The van der Waals surface area contributed by atoms with E-state index in [-0.39, 0.29) is 25.1 Å². The summed E-state index contributed by atoms with van der Waals surface area (Å²) in [6, 6.07) is 7.21. The van der Waals surface area contributed by atoms with Crippen LogP contribution in [-0.4, -0.2) is 37.4 Å². The van der Waals surface area contributed by atoms with Crippen molar-refractivity contribution >= 4 is 5.97 Å². The van der Waals surface area contributed by atoms with Gasteiger partial charge in [-0.3, -0.25) is 0 Å². The number of carbonyl (C=O) groups excluding carboxylic acids is 1. The summed E-state index contributed by atoms with van der Waals surface area (Å²) in [4.78, 5) is 12.1. The van der Waals surface area contributed by atoms with Gasteiger partial charge in [0.15, 0.2) is 5.54 Å². The Morgan fingerprint density at radius 1 is 1.50 bits per heavy atom. The molecular formula is C15H21NO4. The van der Waals surface area contributed by atoms with Gasteiger partial charge in [-0.2, -0.15) is 0 Å². The third kappa shape index (κ3) is 2.94. The number of aliphatic hydroxyl groups excluding tert-OH is 1. The molecule has 0 amide bonds. The van der Waals surface area contributed by atoms with Gasteiger partial charge in [-0.1, -0.05) is 12.1 Å². The number of ether oxygens (including phenoxy) is 2. The van der Waals surface area contributed by atoms with Gasteiger partial charge >= 0.3 is 5.97 Å². The third-order valence-corrected chi connectivity index (χ3v) is 3.82. The van der Waals surface area contributed by atoms with Crippen LogP contribution in [0, 0.1) is 5.92 Å². The highest BCUT2D eigenvalue weighted by atomic mass is 16.5. The Balaban J connectivity index is 2.10. The van der Waals surface area contributed by atoms with Gasteiger partial charge < -0.3 is 19.9 Å². The smallest absolute Gasteiger partial charge is 0.329 e. The van der Waals surface area contributed by atoms with Crippen molar-refractivity contribution in [2.24, 2.45) is 5.92 Å². The molecule has 1 aromatic carbocycles. The maximum atomic E-state index is 12.1. The number of aliphatic hydroxyl groups is 1. The lowest BCUT2D eigenvalue weighted by Crippen LogP contribution is -2.57. The maximum absolute atomic E-state index is 12.1. The Hall–Kier alpha value is -1.59. The molecule has 20 heavy (non-hydrogen) atoms. The summed E-state index contributed by atoms with van der Waals surface area (Å²) in [5.41, 5.74) is -0.00806. The van der Waals surface area contributed by atoms with Crippen molar-refractivity contribution in [2.75, 3.05) is 20.8 Å². The first kappa shape index (κ1) is 14.8. The van der Waals surface area contributed by atoms with Gasteiger partial charge in [0.1, 0.15) is 12.4 Å². The molecule has 1 atom stereocenters. The van der Waals surface area contributed by atoms with Crippen molar-refractivity contribution in [2.45, 2.75) is 25.0 Å². The quantitative estimate of drug-likeness (QED) is 0.732. The Labute approximate surface area is 118 Å². The van der Waals surface area contributed by atoms with E-state index in [0.29, 0.717) is 5.75 Å². The largest absolute Gasteiger partial charge is 0.491 e. The zero-order chi connectivity index (χ0) is 14.6. The fourth-order valence-corrected chi connectivity index (χ4v) is 2.41. The van der Waals surface area contributed by atoms with E-state index in [1.165, 1.54) is 7.11 Å². The van der Waals surface area contributed by atoms with Crippen molar-refractivity contribution in [3.05, 3.63) is 29.8 Å². The predicted molar refractivity (Wildman–Crippen MR) is 74.4 cm³/mol. The molecule has 1 fully saturated rings. The van der Waals surface area contributed by atoms with E-state index in [1.54, 1.807) is 13.1 Å². The van der Waals surface area contributed by atoms with Crippen LogP contribution in [0.3, 0.4) is 0 Å². The molecular weight excluding hydrogens is 258 g/mol. The zero-order valence-corrected chi connectivity index (χ0v) is 11.9. The normalized spacial score (nSPS) is 17.4. The number of nitrogens with one attached hydrogen (secondary N) is 1. The van der Waals surface area contributed by atoms with E-state index in [4.69, 9.17) is 14.6 Å². The molecule has 1 aliphatic carbocycles. The first-order chi connectivity index (χ1) is 9.66. The van der Waals surface area contributed by atoms with E-state index in [0.717, 1.165) is 18.4 Å². The summed E-state index contributed by atoms with van der Waals surface area (Å²) in [6.45, 7) is 0.184. The molecule has 5 nitrogen and oxygen atoms in total. The average molecular weight is 279 g/mol. The van der Waals surface area contributed by atoms with E-state index in [9.17, 15) is 4.79 Å². The van der Waals surface area contributed by atoms with E-state index >= 15 is 0 Å². The minimum absolute atomic E-state index is 0.0337. The molecule has 1 saturated carbocycles. The lowest BCUT2D eigenvalue weighted by Gasteiger charge is -2.30. The number of carbonyl (C=O) groups is 1. The highest BCUT2D eigenvalue weighted by Gasteiger charge is 2.51. The molecule has 0 aromatic heterocycles. The highest BCUT2D eigenvalue weighted by molar-refractivity contribution is 5.82. The number of methoxy groups -OCH3 is 1. The molecule has 0 spiro atoms. The Morgan fingerprint density at radius 3 is 2.80 bits per heavy atom.